The molecule has 1 aromatic heterocycles. The standard InChI is InChI=1S/C21H21ClN6O/c1-12(23)18-20(24)26-16-6-17(28-8-21(9-28)10-29-11-21)25-7-14(16)19(27-18)13-4-2-3-5-15(13)22/h2-7,24-25H,8-11,23H2,1H3/b18-12+,24-20?. The summed E-state index contributed by atoms with van der Waals surface area (Å²) in [5.41, 5.74) is 8.89. The van der Waals surface area contributed by atoms with Crippen LogP contribution >= 0.6 is 11.6 Å². The van der Waals surface area contributed by atoms with Crippen LogP contribution in [0.15, 0.2) is 30.1 Å². The van der Waals surface area contributed by atoms with Gasteiger partial charge in [-0.2, -0.15) is 0 Å². The lowest BCUT2D eigenvalue weighted by molar-refractivity contribution is -0.180. The molecule has 0 bridgehead atoms. The number of hydrogen-bond acceptors (Lipinski definition) is 7. The highest BCUT2D eigenvalue weighted by Gasteiger charge is 2.49. The Morgan fingerprint density at radius 1 is 1.28 bits per heavy atom. The van der Waals surface area contributed by atoms with Crippen molar-refractivity contribution in [3.05, 3.63) is 56.9 Å². The number of likely N-dealkylation sites (tertiary alicyclic amines) is 1. The van der Waals surface area contributed by atoms with E-state index in [0.29, 0.717) is 32.9 Å². The van der Waals surface area contributed by atoms with E-state index in [1.165, 1.54) is 0 Å². The van der Waals surface area contributed by atoms with Gasteiger partial charge in [-0.05, 0) is 13.0 Å². The summed E-state index contributed by atoms with van der Waals surface area (Å²) in [5.74, 6) is 0.966. The van der Waals surface area contributed by atoms with Crippen LogP contribution in [-0.2, 0) is 4.74 Å². The minimum atomic E-state index is 0.0397. The van der Waals surface area contributed by atoms with Crippen molar-refractivity contribution in [3.63, 3.8) is 0 Å². The van der Waals surface area contributed by atoms with Crippen LogP contribution in [0.4, 0.5) is 0 Å². The number of nitrogens with one attached hydrogen (secondary N) is 2. The molecule has 3 aliphatic rings. The first-order valence-corrected chi connectivity index (χ1v) is 9.83. The van der Waals surface area contributed by atoms with Gasteiger partial charge < -0.3 is 20.7 Å². The van der Waals surface area contributed by atoms with Gasteiger partial charge in [-0.25, -0.2) is 9.97 Å². The molecule has 148 valence electrons. The molecule has 0 radical (unpaired) electrons. The van der Waals surface area contributed by atoms with Gasteiger partial charge in [0.05, 0.1) is 30.0 Å². The second-order valence-corrected chi connectivity index (χ2v) is 8.31. The molecule has 0 unspecified atom stereocenters. The van der Waals surface area contributed by atoms with Gasteiger partial charge >= 0.3 is 0 Å². The molecular formula is C21H21ClN6O. The smallest absolute Gasteiger partial charge is 0.173 e. The van der Waals surface area contributed by atoms with E-state index in [-0.39, 0.29) is 5.49 Å². The Bertz CT molecular complexity index is 1220. The lowest BCUT2D eigenvalue weighted by atomic mass is 9.78. The highest BCUT2D eigenvalue weighted by Crippen LogP contribution is 2.39. The summed E-state index contributed by atoms with van der Waals surface area (Å²) in [6.45, 7) is 5.30. The van der Waals surface area contributed by atoms with Crippen molar-refractivity contribution in [2.75, 3.05) is 26.3 Å². The van der Waals surface area contributed by atoms with Crippen molar-refractivity contribution < 1.29 is 4.74 Å². The second-order valence-electron chi connectivity index (χ2n) is 7.90. The van der Waals surface area contributed by atoms with Gasteiger partial charge in [0.15, 0.2) is 5.49 Å². The van der Waals surface area contributed by atoms with Gasteiger partial charge in [-0.1, -0.05) is 29.8 Å². The van der Waals surface area contributed by atoms with Gasteiger partial charge in [0.25, 0.3) is 0 Å². The Labute approximate surface area is 172 Å². The van der Waals surface area contributed by atoms with Gasteiger partial charge in [-0.3, -0.25) is 5.41 Å². The van der Waals surface area contributed by atoms with Crippen LogP contribution in [0.5, 0.6) is 0 Å². The zero-order chi connectivity index (χ0) is 20.2. The number of hydrogen-bond donors (Lipinski definition) is 3. The summed E-state index contributed by atoms with van der Waals surface area (Å²) in [7, 11) is 0. The summed E-state index contributed by atoms with van der Waals surface area (Å²) in [5, 5.41) is 13.5. The Balaban J connectivity index is 1.69. The number of benzene rings is 1. The fourth-order valence-corrected chi connectivity index (χ4v) is 4.20. The van der Waals surface area contributed by atoms with Gasteiger partial charge in [0.1, 0.15) is 11.2 Å². The topological polar surface area (TPSA) is 100 Å². The molecule has 0 saturated carbocycles. The molecule has 2 aromatic rings. The van der Waals surface area contributed by atoms with E-state index in [0.717, 1.165) is 42.9 Å². The van der Waals surface area contributed by atoms with Crippen molar-refractivity contribution in [3.8, 4) is 11.3 Å². The normalized spacial score (nSPS) is 19.8. The Morgan fingerprint density at radius 2 is 2.03 bits per heavy atom. The third-order valence-corrected chi connectivity index (χ3v) is 5.89. The molecule has 4 N–H and O–H groups in total. The summed E-state index contributed by atoms with van der Waals surface area (Å²) < 4.78 is 5.37. The zero-order valence-electron chi connectivity index (χ0n) is 16.0. The number of nitrogens with zero attached hydrogens (tertiary/aromatic N) is 3. The number of ether oxygens (including phenoxy) is 1. The number of aromatic nitrogens is 2. The van der Waals surface area contributed by atoms with Gasteiger partial charge in [0, 0.05) is 46.9 Å². The third-order valence-electron chi connectivity index (χ3n) is 5.56. The van der Waals surface area contributed by atoms with Crippen LogP contribution in [0.25, 0.3) is 29.2 Å². The summed E-state index contributed by atoms with van der Waals surface area (Å²) >= 11 is 6.47. The molecule has 5 rings (SSSR count). The molecule has 2 fully saturated rings. The SMILES string of the molecule is C/C(N)=c1\nc(-c2ccccc2Cl)c2c(nc1=N)C=C(N1CC3(COC3)C1)NC=2. The van der Waals surface area contributed by atoms with Crippen LogP contribution < -0.4 is 27.1 Å². The van der Waals surface area contributed by atoms with Crippen LogP contribution in [0, 0.1) is 10.8 Å². The molecule has 1 spiro atoms. The van der Waals surface area contributed by atoms with Crippen LogP contribution in [0.3, 0.4) is 0 Å². The minimum Gasteiger partial charge on any atom is -0.400 e. The van der Waals surface area contributed by atoms with Crippen molar-refractivity contribution >= 4 is 29.6 Å². The maximum Gasteiger partial charge on any atom is 0.173 e. The predicted molar refractivity (Wildman–Crippen MR) is 111 cm³/mol. The molecular weight excluding hydrogens is 388 g/mol. The van der Waals surface area contributed by atoms with E-state index >= 15 is 0 Å². The summed E-state index contributed by atoms with van der Waals surface area (Å²) in [4.78, 5) is 11.5. The summed E-state index contributed by atoms with van der Waals surface area (Å²) in [6, 6.07) is 7.52. The lowest BCUT2D eigenvalue weighted by Crippen LogP contribution is -2.66. The maximum absolute atomic E-state index is 8.41. The van der Waals surface area contributed by atoms with Crippen molar-refractivity contribution in [2.45, 2.75) is 6.92 Å². The molecule has 0 amide bonds. The van der Waals surface area contributed by atoms with Crippen molar-refractivity contribution in [2.24, 2.45) is 11.1 Å². The monoisotopic (exact) mass is 408 g/mol. The number of halogens is 1. The number of rotatable bonds is 2. The highest BCUT2D eigenvalue weighted by molar-refractivity contribution is 6.33. The molecule has 4 heterocycles. The molecule has 0 atom stereocenters. The van der Waals surface area contributed by atoms with Gasteiger partial charge in [0.2, 0.25) is 0 Å². The van der Waals surface area contributed by atoms with E-state index in [9.17, 15) is 0 Å². The zero-order valence-corrected chi connectivity index (χ0v) is 16.8. The van der Waals surface area contributed by atoms with E-state index < -0.39 is 0 Å². The molecule has 0 aliphatic carbocycles. The third kappa shape index (κ3) is 2.97. The van der Waals surface area contributed by atoms with E-state index in [1.54, 1.807) is 6.92 Å². The molecule has 1 aromatic carbocycles. The molecule has 7 nitrogen and oxygen atoms in total. The first-order chi connectivity index (χ1) is 14.0. The van der Waals surface area contributed by atoms with Crippen LogP contribution in [0.1, 0.15) is 12.6 Å². The summed E-state index contributed by atoms with van der Waals surface area (Å²) in [6.07, 6.45) is 3.86. The first-order valence-electron chi connectivity index (χ1n) is 9.45. The average molecular weight is 409 g/mol. The largest absolute Gasteiger partial charge is 0.400 e. The Morgan fingerprint density at radius 3 is 2.69 bits per heavy atom. The van der Waals surface area contributed by atoms with Crippen molar-refractivity contribution in [1.82, 2.24) is 20.2 Å². The highest BCUT2D eigenvalue weighted by atomic mass is 35.5. The lowest BCUT2D eigenvalue weighted by Gasteiger charge is -2.56. The quantitative estimate of drug-likeness (QED) is 0.662. The van der Waals surface area contributed by atoms with E-state index in [4.69, 9.17) is 32.5 Å². The van der Waals surface area contributed by atoms with Crippen LogP contribution in [-0.4, -0.2) is 41.2 Å². The Hall–Kier alpha value is -2.90. The maximum atomic E-state index is 8.41. The fraction of sp³-hybridized carbons (Fsp3) is 0.286. The number of nitrogens with two attached hydrogens (primary N) is 1. The molecule has 29 heavy (non-hydrogen) atoms. The molecule has 3 aliphatic heterocycles. The predicted octanol–water partition coefficient (Wildman–Crippen LogP) is 0.335. The second kappa shape index (κ2) is 6.57. The van der Waals surface area contributed by atoms with Crippen LogP contribution in [0.2, 0.25) is 5.02 Å². The van der Waals surface area contributed by atoms with Gasteiger partial charge in [-0.15, -0.1) is 0 Å². The van der Waals surface area contributed by atoms with E-state index in [1.807, 2.05) is 36.5 Å². The first kappa shape index (κ1) is 18.1. The fourth-order valence-electron chi connectivity index (χ4n) is 3.97. The Kier molecular flexibility index (Phi) is 4.11. The van der Waals surface area contributed by atoms with Crippen molar-refractivity contribution in [1.29, 1.82) is 5.41 Å². The number of fused-ring (bicyclic) bond motifs is 1. The molecule has 2 saturated heterocycles. The molecule has 8 heteroatoms. The van der Waals surface area contributed by atoms with E-state index in [2.05, 4.69) is 15.2 Å². The minimum absolute atomic E-state index is 0.0397. The average Bonchev–Trinajstić information content (AvgIpc) is 2.75.